The van der Waals surface area contributed by atoms with Crippen molar-refractivity contribution in [1.29, 1.82) is 0 Å². The minimum absolute atomic E-state index is 0.0591. The zero-order valence-electron chi connectivity index (χ0n) is 13.1. The maximum absolute atomic E-state index is 11.8. The lowest BCUT2D eigenvalue weighted by Crippen LogP contribution is -2.27. The van der Waals surface area contributed by atoms with E-state index in [1.807, 2.05) is 20.8 Å². The third kappa shape index (κ3) is 6.40. The summed E-state index contributed by atoms with van der Waals surface area (Å²) in [6.07, 6.45) is 0.233. The molecule has 1 unspecified atom stereocenters. The predicted molar refractivity (Wildman–Crippen MR) is 84.1 cm³/mol. The zero-order valence-corrected chi connectivity index (χ0v) is 13.1. The first kappa shape index (κ1) is 17.2. The molecule has 1 aromatic rings. The molecule has 116 valence electrons. The van der Waals surface area contributed by atoms with Gasteiger partial charge in [0.1, 0.15) is 0 Å². The van der Waals surface area contributed by atoms with Gasteiger partial charge >= 0.3 is 0 Å². The smallest absolute Gasteiger partial charge is 0.229 e. The zero-order chi connectivity index (χ0) is 16.0. The number of anilines is 2. The molecule has 0 aliphatic carbocycles. The average Bonchev–Trinajstić information content (AvgIpc) is 2.37. The molecule has 1 atom stereocenters. The van der Waals surface area contributed by atoms with E-state index in [0.717, 1.165) is 0 Å². The highest BCUT2D eigenvalue weighted by Crippen LogP contribution is 2.19. The lowest BCUT2D eigenvalue weighted by atomic mass is 9.95. The molecule has 0 saturated carbocycles. The number of aliphatic hydroxyl groups excluding tert-OH is 1. The van der Waals surface area contributed by atoms with Crippen molar-refractivity contribution < 1.29 is 14.7 Å². The first-order chi connectivity index (χ1) is 9.68. The Morgan fingerprint density at radius 3 is 2.00 bits per heavy atom. The molecular weight excluding hydrogens is 268 g/mol. The Morgan fingerprint density at radius 1 is 1.10 bits per heavy atom. The van der Waals surface area contributed by atoms with Crippen molar-refractivity contribution in [1.82, 2.24) is 0 Å². The van der Waals surface area contributed by atoms with E-state index in [1.165, 1.54) is 0 Å². The quantitative estimate of drug-likeness (QED) is 0.781. The normalized spacial score (nSPS) is 12.6. The second-order valence-corrected chi connectivity index (χ2v) is 6.22. The number of nitrogens with one attached hydrogen (secondary N) is 2. The van der Waals surface area contributed by atoms with E-state index >= 15 is 0 Å². The number of hydrogen-bond acceptors (Lipinski definition) is 3. The molecule has 0 aliphatic heterocycles. The van der Waals surface area contributed by atoms with Gasteiger partial charge in [-0.3, -0.25) is 9.59 Å². The first-order valence-electron chi connectivity index (χ1n) is 7.08. The van der Waals surface area contributed by atoms with Gasteiger partial charge in [-0.05, 0) is 37.6 Å². The van der Waals surface area contributed by atoms with Gasteiger partial charge in [-0.15, -0.1) is 0 Å². The number of benzene rings is 1. The van der Waals surface area contributed by atoms with Crippen molar-refractivity contribution in [2.24, 2.45) is 5.41 Å². The number of hydrogen-bond donors (Lipinski definition) is 3. The summed E-state index contributed by atoms with van der Waals surface area (Å²) in [5.41, 5.74) is 0.907. The number of carbonyl (C=O) groups is 2. The highest BCUT2D eigenvalue weighted by molar-refractivity contribution is 5.95. The third-order valence-electron chi connectivity index (χ3n) is 2.90. The van der Waals surface area contributed by atoms with Crippen LogP contribution in [0.5, 0.6) is 0 Å². The molecule has 0 aliphatic rings. The predicted octanol–water partition coefficient (Wildman–Crippen LogP) is 2.77. The lowest BCUT2D eigenvalue weighted by molar-refractivity contribution is -0.123. The van der Waals surface area contributed by atoms with E-state index in [9.17, 15) is 9.59 Å². The molecule has 0 fully saturated rings. The molecule has 1 aromatic carbocycles. The van der Waals surface area contributed by atoms with Crippen LogP contribution in [0, 0.1) is 5.41 Å². The van der Waals surface area contributed by atoms with Crippen LogP contribution in [-0.2, 0) is 9.59 Å². The van der Waals surface area contributed by atoms with Crippen molar-refractivity contribution >= 4 is 23.2 Å². The van der Waals surface area contributed by atoms with Crippen LogP contribution in [0.2, 0.25) is 0 Å². The van der Waals surface area contributed by atoms with Crippen LogP contribution in [0.15, 0.2) is 24.3 Å². The minimum Gasteiger partial charge on any atom is -0.393 e. The van der Waals surface area contributed by atoms with E-state index in [4.69, 9.17) is 5.11 Å². The molecule has 0 heterocycles. The SMILES string of the molecule is CC(O)CCC(=O)Nc1ccc(NC(=O)C(C)(C)C)cc1. The fourth-order valence-electron chi connectivity index (χ4n) is 1.52. The van der Waals surface area contributed by atoms with Crippen molar-refractivity contribution in [2.45, 2.75) is 46.6 Å². The van der Waals surface area contributed by atoms with Crippen LogP contribution in [0.25, 0.3) is 0 Å². The maximum Gasteiger partial charge on any atom is 0.229 e. The minimum atomic E-state index is -0.481. The van der Waals surface area contributed by atoms with Gasteiger partial charge in [-0.2, -0.15) is 0 Å². The summed E-state index contributed by atoms with van der Waals surface area (Å²) >= 11 is 0. The Kier molecular flexibility index (Phi) is 5.90. The molecule has 0 bridgehead atoms. The van der Waals surface area contributed by atoms with Gasteiger partial charge in [0.15, 0.2) is 0 Å². The Hall–Kier alpha value is -1.88. The van der Waals surface area contributed by atoms with Gasteiger partial charge in [0.05, 0.1) is 6.10 Å². The van der Waals surface area contributed by atoms with Gasteiger partial charge in [0.25, 0.3) is 0 Å². The topological polar surface area (TPSA) is 78.4 Å². The van der Waals surface area contributed by atoms with Crippen LogP contribution in [0.1, 0.15) is 40.5 Å². The van der Waals surface area contributed by atoms with Gasteiger partial charge in [-0.25, -0.2) is 0 Å². The molecule has 0 spiro atoms. The van der Waals surface area contributed by atoms with Gasteiger partial charge in [0.2, 0.25) is 11.8 Å². The second-order valence-electron chi connectivity index (χ2n) is 6.22. The number of amides is 2. The second kappa shape index (κ2) is 7.22. The lowest BCUT2D eigenvalue weighted by Gasteiger charge is -2.17. The van der Waals surface area contributed by atoms with E-state index in [0.29, 0.717) is 17.8 Å². The largest absolute Gasteiger partial charge is 0.393 e. The summed E-state index contributed by atoms with van der Waals surface area (Å²) in [7, 11) is 0. The van der Waals surface area contributed by atoms with Crippen molar-refractivity contribution in [3.05, 3.63) is 24.3 Å². The molecule has 2 amide bonds. The number of rotatable bonds is 5. The van der Waals surface area contributed by atoms with Crippen LogP contribution in [0.3, 0.4) is 0 Å². The molecule has 21 heavy (non-hydrogen) atoms. The van der Waals surface area contributed by atoms with Crippen LogP contribution >= 0.6 is 0 Å². The molecule has 1 rings (SSSR count). The van der Waals surface area contributed by atoms with Gasteiger partial charge < -0.3 is 15.7 Å². The highest BCUT2D eigenvalue weighted by atomic mass is 16.3. The molecule has 5 heteroatoms. The van der Waals surface area contributed by atoms with E-state index in [1.54, 1.807) is 31.2 Å². The molecule has 3 N–H and O–H groups in total. The van der Waals surface area contributed by atoms with Gasteiger partial charge in [0, 0.05) is 23.2 Å². The van der Waals surface area contributed by atoms with E-state index in [-0.39, 0.29) is 18.2 Å². The molecule has 0 radical (unpaired) electrons. The highest BCUT2D eigenvalue weighted by Gasteiger charge is 2.20. The maximum atomic E-state index is 11.8. The molecule has 0 saturated heterocycles. The number of aliphatic hydroxyl groups is 1. The number of carbonyl (C=O) groups excluding carboxylic acids is 2. The van der Waals surface area contributed by atoms with Crippen molar-refractivity contribution in [3.63, 3.8) is 0 Å². The van der Waals surface area contributed by atoms with Crippen LogP contribution in [0.4, 0.5) is 11.4 Å². The van der Waals surface area contributed by atoms with Crippen molar-refractivity contribution in [3.8, 4) is 0 Å². The summed E-state index contributed by atoms with van der Waals surface area (Å²) in [5.74, 6) is -0.196. The third-order valence-corrected chi connectivity index (χ3v) is 2.90. The Labute approximate surface area is 125 Å². The van der Waals surface area contributed by atoms with Crippen LogP contribution < -0.4 is 10.6 Å². The summed E-state index contributed by atoms with van der Waals surface area (Å²) in [6, 6.07) is 6.96. The molecule has 5 nitrogen and oxygen atoms in total. The fourth-order valence-corrected chi connectivity index (χ4v) is 1.52. The Balaban J connectivity index is 2.54. The Morgan fingerprint density at radius 2 is 1.57 bits per heavy atom. The summed E-state index contributed by atoms with van der Waals surface area (Å²) in [4.78, 5) is 23.5. The van der Waals surface area contributed by atoms with E-state index < -0.39 is 11.5 Å². The van der Waals surface area contributed by atoms with Crippen molar-refractivity contribution in [2.75, 3.05) is 10.6 Å². The first-order valence-corrected chi connectivity index (χ1v) is 7.08. The van der Waals surface area contributed by atoms with Crippen LogP contribution in [-0.4, -0.2) is 23.0 Å². The standard InChI is InChI=1S/C16H24N2O3/c1-11(19)5-10-14(20)17-12-6-8-13(9-7-12)18-15(21)16(2,3)4/h6-9,11,19H,5,10H2,1-4H3,(H,17,20)(H,18,21). The molecular formula is C16H24N2O3. The fraction of sp³-hybridized carbons (Fsp3) is 0.500. The monoisotopic (exact) mass is 292 g/mol. The summed E-state index contributed by atoms with van der Waals surface area (Å²) < 4.78 is 0. The average molecular weight is 292 g/mol. The Bertz CT molecular complexity index is 487. The molecule has 0 aromatic heterocycles. The van der Waals surface area contributed by atoms with E-state index in [2.05, 4.69) is 10.6 Å². The van der Waals surface area contributed by atoms with Gasteiger partial charge in [-0.1, -0.05) is 20.8 Å². The summed E-state index contributed by atoms with van der Waals surface area (Å²) in [6.45, 7) is 7.19. The summed E-state index contributed by atoms with van der Waals surface area (Å²) in [5, 5.41) is 14.7.